The van der Waals surface area contributed by atoms with E-state index in [-0.39, 0.29) is 6.10 Å². The topological polar surface area (TPSA) is 19.9 Å². The minimum Gasteiger partial charge on any atom is -0.233 e. The Morgan fingerprint density at radius 3 is 1.33 bits per heavy atom. The van der Waals surface area contributed by atoms with E-state index in [4.69, 9.17) is 0 Å². The van der Waals surface area contributed by atoms with Gasteiger partial charge in [-0.2, -0.15) is 0 Å². The summed E-state index contributed by atoms with van der Waals surface area (Å²) in [6, 6.07) is 0. The van der Waals surface area contributed by atoms with Gasteiger partial charge in [-0.3, -0.25) is 0 Å². The van der Waals surface area contributed by atoms with Crippen LogP contribution >= 0.6 is 0 Å². The number of hydrogen-bond acceptors (Lipinski definition) is 0. The molecule has 0 aromatic carbocycles. The predicted molar refractivity (Wildman–Crippen MR) is 94.2 cm³/mol. The lowest BCUT2D eigenvalue weighted by Crippen LogP contribution is -2.18. The Morgan fingerprint density at radius 2 is 0.952 bits per heavy atom. The van der Waals surface area contributed by atoms with E-state index in [1.807, 2.05) is 0 Å². The molecular weight excluding hydrogens is 256 g/mol. The Labute approximate surface area is 134 Å². The molecule has 0 rings (SSSR count). The van der Waals surface area contributed by atoms with Crippen LogP contribution in [-0.4, -0.2) is 6.10 Å². The summed E-state index contributed by atoms with van der Waals surface area (Å²) in [6.07, 6.45) is 19.0. The Morgan fingerprint density at radius 1 is 0.571 bits per heavy atom. The van der Waals surface area contributed by atoms with Gasteiger partial charge in [-0.1, -0.05) is 97.8 Å². The molecule has 127 valence electrons. The van der Waals surface area contributed by atoms with E-state index in [1.165, 1.54) is 89.9 Å². The molecule has 0 spiro atoms. The third kappa shape index (κ3) is 13.4. The molecular formula is C20H41O. The summed E-state index contributed by atoms with van der Waals surface area (Å²) in [7, 11) is 0. The van der Waals surface area contributed by atoms with E-state index >= 15 is 0 Å². The summed E-state index contributed by atoms with van der Waals surface area (Å²) >= 11 is 0. The maximum atomic E-state index is 12.1. The highest BCUT2D eigenvalue weighted by Gasteiger charge is 2.18. The number of unbranched alkanes of at least 4 members (excludes halogenated alkanes) is 10. The average Bonchev–Trinajstić information content (AvgIpc) is 2.51. The lowest BCUT2D eigenvalue weighted by molar-refractivity contribution is 0.0246. The summed E-state index contributed by atoms with van der Waals surface area (Å²) in [6.45, 7) is 6.59. The molecule has 0 fully saturated rings. The van der Waals surface area contributed by atoms with Gasteiger partial charge in [0, 0.05) is 0 Å². The van der Waals surface area contributed by atoms with Crippen molar-refractivity contribution < 1.29 is 5.11 Å². The van der Waals surface area contributed by atoms with Crippen molar-refractivity contribution in [3.05, 3.63) is 0 Å². The van der Waals surface area contributed by atoms with Gasteiger partial charge in [-0.05, 0) is 25.2 Å². The quantitative estimate of drug-likeness (QED) is 0.266. The van der Waals surface area contributed by atoms with Crippen LogP contribution in [0.4, 0.5) is 0 Å². The lowest BCUT2D eigenvalue weighted by atomic mass is 9.88. The highest BCUT2D eigenvalue weighted by atomic mass is 16.3. The van der Waals surface area contributed by atoms with Gasteiger partial charge >= 0.3 is 0 Å². The Hall–Kier alpha value is -0.0400. The van der Waals surface area contributed by atoms with Gasteiger partial charge in [0.2, 0.25) is 0 Å². The summed E-state index contributed by atoms with van der Waals surface area (Å²) < 4.78 is 0. The van der Waals surface area contributed by atoms with Crippen molar-refractivity contribution in [3.8, 4) is 0 Å². The predicted octanol–water partition coefficient (Wildman–Crippen LogP) is 7.31. The smallest absolute Gasteiger partial charge is 0.0955 e. The van der Waals surface area contributed by atoms with Crippen molar-refractivity contribution in [2.24, 2.45) is 5.92 Å². The maximum absolute atomic E-state index is 12.1. The largest absolute Gasteiger partial charge is 0.233 e. The fourth-order valence-electron chi connectivity index (χ4n) is 3.22. The van der Waals surface area contributed by atoms with Crippen LogP contribution in [-0.2, 0) is 5.11 Å². The van der Waals surface area contributed by atoms with Crippen LogP contribution in [0.5, 0.6) is 0 Å². The molecule has 0 N–H and O–H groups in total. The molecule has 1 atom stereocenters. The van der Waals surface area contributed by atoms with E-state index < -0.39 is 0 Å². The second-order valence-electron chi connectivity index (χ2n) is 6.82. The molecule has 0 aliphatic heterocycles. The second-order valence-corrected chi connectivity index (χ2v) is 6.82. The van der Waals surface area contributed by atoms with Crippen molar-refractivity contribution in [2.45, 2.75) is 123 Å². The summed E-state index contributed by atoms with van der Waals surface area (Å²) in [5, 5.41) is 12.1. The monoisotopic (exact) mass is 297 g/mol. The van der Waals surface area contributed by atoms with Crippen molar-refractivity contribution in [2.75, 3.05) is 0 Å². The number of rotatable bonds is 16. The van der Waals surface area contributed by atoms with Crippen molar-refractivity contribution in [1.82, 2.24) is 0 Å². The molecule has 0 aromatic rings. The summed E-state index contributed by atoms with van der Waals surface area (Å²) in [5.74, 6) is 0.451. The molecule has 1 nitrogen and oxygen atoms in total. The zero-order valence-electron chi connectivity index (χ0n) is 15.2. The van der Waals surface area contributed by atoms with E-state index in [0.717, 1.165) is 6.42 Å². The molecule has 0 aliphatic carbocycles. The first-order valence-electron chi connectivity index (χ1n) is 9.92. The van der Waals surface area contributed by atoms with Crippen LogP contribution in [0, 0.1) is 5.92 Å². The molecule has 0 heterocycles. The first-order chi connectivity index (χ1) is 10.3. The molecule has 0 saturated carbocycles. The third-order valence-corrected chi connectivity index (χ3v) is 4.79. The Bertz CT molecular complexity index is 174. The van der Waals surface area contributed by atoms with E-state index in [0.29, 0.717) is 5.92 Å². The maximum Gasteiger partial charge on any atom is 0.0955 e. The van der Waals surface area contributed by atoms with Gasteiger partial charge < -0.3 is 0 Å². The van der Waals surface area contributed by atoms with Gasteiger partial charge in [0.25, 0.3) is 0 Å². The van der Waals surface area contributed by atoms with Gasteiger partial charge in [0.1, 0.15) is 0 Å². The van der Waals surface area contributed by atoms with Crippen LogP contribution in [0.3, 0.4) is 0 Å². The highest BCUT2D eigenvalue weighted by molar-refractivity contribution is 4.68. The van der Waals surface area contributed by atoms with E-state index in [2.05, 4.69) is 20.8 Å². The SMILES string of the molecule is CCCCCCCCC(CCCCCCCC)C([O])CC. The average molecular weight is 298 g/mol. The zero-order valence-corrected chi connectivity index (χ0v) is 15.2. The lowest BCUT2D eigenvalue weighted by Gasteiger charge is -2.20. The zero-order chi connectivity index (χ0) is 15.8. The normalized spacial score (nSPS) is 13.0. The molecule has 21 heavy (non-hydrogen) atoms. The van der Waals surface area contributed by atoms with Gasteiger partial charge in [-0.25, -0.2) is 5.11 Å². The molecule has 0 bridgehead atoms. The molecule has 0 saturated heterocycles. The molecule has 0 amide bonds. The molecule has 1 heteroatoms. The molecule has 0 aliphatic rings. The fraction of sp³-hybridized carbons (Fsp3) is 1.00. The van der Waals surface area contributed by atoms with Crippen LogP contribution in [0.15, 0.2) is 0 Å². The third-order valence-electron chi connectivity index (χ3n) is 4.79. The molecule has 1 radical (unpaired) electrons. The van der Waals surface area contributed by atoms with Crippen LogP contribution in [0.25, 0.3) is 0 Å². The fourth-order valence-corrected chi connectivity index (χ4v) is 3.22. The van der Waals surface area contributed by atoms with Crippen LogP contribution < -0.4 is 0 Å². The van der Waals surface area contributed by atoms with Gasteiger partial charge in [0.05, 0.1) is 6.10 Å². The van der Waals surface area contributed by atoms with Crippen LogP contribution in [0.1, 0.15) is 117 Å². The van der Waals surface area contributed by atoms with Crippen LogP contribution in [0.2, 0.25) is 0 Å². The minimum atomic E-state index is -0.309. The molecule has 0 aromatic heterocycles. The number of hydrogen-bond donors (Lipinski definition) is 0. The van der Waals surface area contributed by atoms with Gasteiger partial charge in [0.15, 0.2) is 0 Å². The van der Waals surface area contributed by atoms with Crippen molar-refractivity contribution >= 4 is 0 Å². The first-order valence-corrected chi connectivity index (χ1v) is 9.92. The molecule has 1 unspecified atom stereocenters. The Kier molecular flexibility index (Phi) is 16.3. The summed E-state index contributed by atoms with van der Waals surface area (Å²) in [4.78, 5) is 0. The first kappa shape index (κ1) is 21.0. The van der Waals surface area contributed by atoms with Crippen molar-refractivity contribution in [1.29, 1.82) is 0 Å². The Balaban J connectivity index is 3.67. The standard InChI is InChI=1S/C20H41O/c1-4-7-9-11-13-15-17-19(20(21)6-3)18-16-14-12-10-8-5-2/h19-20H,4-18H2,1-3H3. The van der Waals surface area contributed by atoms with Gasteiger partial charge in [-0.15, -0.1) is 0 Å². The van der Waals surface area contributed by atoms with Crippen molar-refractivity contribution in [3.63, 3.8) is 0 Å². The highest BCUT2D eigenvalue weighted by Crippen LogP contribution is 2.24. The second kappa shape index (κ2) is 16.3. The minimum absolute atomic E-state index is 0.309. The summed E-state index contributed by atoms with van der Waals surface area (Å²) in [5.41, 5.74) is 0. The van der Waals surface area contributed by atoms with E-state index in [9.17, 15) is 5.11 Å². The van der Waals surface area contributed by atoms with E-state index in [1.54, 1.807) is 0 Å².